The topological polar surface area (TPSA) is 0 Å². The standard InChI is InChI=1S/C10H14S.C4H10.C2H6/c1-2-8-11-9-10-6-4-3-5-7-10;1-4(2)3;1-2/h3-7H,2,8-9H2,1H3;4H,1-3H3;1-2H3. The lowest BCUT2D eigenvalue weighted by Gasteiger charge is -1.98. The van der Waals surface area contributed by atoms with Crippen LogP contribution in [0, 0.1) is 5.92 Å². The summed E-state index contributed by atoms with van der Waals surface area (Å²) in [7, 11) is 0. The molecular weight excluding hydrogens is 224 g/mol. The minimum Gasteiger partial charge on any atom is -0.157 e. The van der Waals surface area contributed by atoms with Gasteiger partial charge < -0.3 is 0 Å². The lowest BCUT2D eigenvalue weighted by atomic mass is 10.2. The average molecular weight is 254 g/mol. The highest BCUT2D eigenvalue weighted by Crippen LogP contribution is 2.11. The summed E-state index contributed by atoms with van der Waals surface area (Å²) in [6.45, 7) is 12.7. The molecule has 1 rings (SSSR count). The fourth-order valence-electron chi connectivity index (χ4n) is 0.909. The maximum Gasteiger partial charge on any atom is 0.0184 e. The van der Waals surface area contributed by atoms with E-state index in [9.17, 15) is 0 Å². The van der Waals surface area contributed by atoms with Crippen molar-refractivity contribution in [2.45, 2.75) is 53.7 Å². The summed E-state index contributed by atoms with van der Waals surface area (Å²) in [4.78, 5) is 0. The third-order valence-corrected chi connectivity index (χ3v) is 2.69. The molecule has 17 heavy (non-hydrogen) atoms. The third kappa shape index (κ3) is 18.1. The Morgan fingerprint density at radius 1 is 1.00 bits per heavy atom. The predicted octanol–water partition coefficient (Wildman–Crippen LogP) is 6.02. The van der Waals surface area contributed by atoms with Crippen LogP contribution in [0.5, 0.6) is 0 Å². The van der Waals surface area contributed by atoms with Gasteiger partial charge in [-0.25, -0.2) is 0 Å². The molecule has 0 aliphatic carbocycles. The van der Waals surface area contributed by atoms with Gasteiger partial charge in [-0.15, -0.1) is 0 Å². The quantitative estimate of drug-likeness (QED) is 0.592. The monoisotopic (exact) mass is 254 g/mol. The van der Waals surface area contributed by atoms with E-state index in [1.807, 2.05) is 25.6 Å². The van der Waals surface area contributed by atoms with Crippen LogP contribution < -0.4 is 0 Å². The fourth-order valence-corrected chi connectivity index (χ4v) is 1.77. The first-order valence-electron chi connectivity index (χ1n) is 6.78. The molecular formula is C16H30S. The summed E-state index contributed by atoms with van der Waals surface area (Å²) in [6, 6.07) is 10.6. The highest BCUT2D eigenvalue weighted by atomic mass is 32.2. The van der Waals surface area contributed by atoms with E-state index >= 15 is 0 Å². The molecule has 0 bridgehead atoms. The van der Waals surface area contributed by atoms with Crippen molar-refractivity contribution in [1.82, 2.24) is 0 Å². The molecule has 0 unspecified atom stereocenters. The number of rotatable bonds is 4. The molecule has 0 amide bonds. The van der Waals surface area contributed by atoms with E-state index in [1.54, 1.807) is 0 Å². The first kappa shape index (κ1) is 18.9. The van der Waals surface area contributed by atoms with Crippen molar-refractivity contribution in [1.29, 1.82) is 0 Å². The first-order valence-corrected chi connectivity index (χ1v) is 7.94. The Morgan fingerprint density at radius 2 is 1.47 bits per heavy atom. The van der Waals surface area contributed by atoms with Crippen LogP contribution in [0.3, 0.4) is 0 Å². The Morgan fingerprint density at radius 3 is 1.88 bits per heavy atom. The fraction of sp³-hybridized carbons (Fsp3) is 0.625. The largest absolute Gasteiger partial charge is 0.157 e. The molecule has 0 spiro atoms. The Hall–Kier alpha value is -0.430. The van der Waals surface area contributed by atoms with Crippen LogP contribution in [0.25, 0.3) is 0 Å². The highest BCUT2D eigenvalue weighted by molar-refractivity contribution is 7.98. The number of hydrogen-bond donors (Lipinski definition) is 0. The lowest BCUT2D eigenvalue weighted by molar-refractivity contribution is 0.737. The van der Waals surface area contributed by atoms with Crippen molar-refractivity contribution >= 4 is 11.8 Å². The maximum absolute atomic E-state index is 2.22. The van der Waals surface area contributed by atoms with Crippen LogP contribution in [0.2, 0.25) is 0 Å². The molecule has 100 valence electrons. The summed E-state index contributed by atoms with van der Waals surface area (Å²) < 4.78 is 0. The Balaban J connectivity index is 0. The van der Waals surface area contributed by atoms with E-state index < -0.39 is 0 Å². The van der Waals surface area contributed by atoms with Gasteiger partial charge in [0.1, 0.15) is 0 Å². The predicted molar refractivity (Wildman–Crippen MR) is 84.8 cm³/mol. The molecule has 0 saturated carbocycles. The van der Waals surface area contributed by atoms with Gasteiger partial charge >= 0.3 is 0 Å². The van der Waals surface area contributed by atoms with Crippen molar-refractivity contribution < 1.29 is 0 Å². The average Bonchev–Trinajstić information content (AvgIpc) is 2.33. The number of hydrogen-bond acceptors (Lipinski definition) is 1. The second-order valence-electron chi connectivity index (χ2n) is 4.27. The van der Waals surface area contributed by atoms with Crippen LogP contribution >= 0.6 is 11.8 Å². The van der Waals surface area contributed by atoms with Crippen LogP contribution in [-0.4, -0.2) is 5.75 Å². The van der Waals surface area contributed by atoms with Gasteiger partial charge in [0.25, 0.3) is 0 Å². The summed E-state index contributed by atoms with van der Waals surface area (Å²) in [5.41, 5.74) is 1.44. The van der Waals surface area contributed by atoms with Crippen molar-refractivity contribution in [3.05, 3.63) is 35.9 Å². The molecule has 1 aromatic rings. The normalized spacial score (nSPS) is 8.88. The summed E-state index contributed by atoms with van der Waals surface area (Å²) in [5, 5.41) is 0. The molecule has 0 radical (unpaired) electrons. The second kappa shape index (κ2) is 15.6. The molecule has 0 nitrogen and oxygen atoms in total. The van der Waals surface area contributed by atoms with Crippen LogP contribution in [0.1, 0.15) is 53.5 Å². The smallest absolute Gasteiger partial charge is 0.0184 e. The van der Waals surface area contributed by atoms with E-state index in [1.165, 1.54) is 17.7 Å². The Kier molecular flexibility index (Phi) is 17.3. The SMILES string of the molecule is CC.CC(C)C.CCCSCc1ccccc1. The van der Waals surface area contributed by atoms with E-state index in [4.69, 9.17) is 0 Å². The maximum atomic E-state index is 2.22. The molecule has 0 heterocycles. The molecule has 0 N–H and O–H groups in total. The minimum absolute atomic E-state index is 0.833. The van der Waals surface area contributed by atoms with Gasteiger partial charge in [-0.2, -0.15) is 11.8 Å². The van der Waals surface area contributed by atoms with E-state index in [2.05, 4.69) is 58.0 Å². The van der Waals surface area contributed by atoms with E-state index in [0.29, 0.717) is 0 Å². The molecule has 1 heteroatoms. The van der Waals surface area contributed by atoms with Gasteiger partial charge in [0.05, 0.1) is 0 Å². The molecule has 0 atom stereocenters. The number of thioether (sulfide) groups is 1. The second-order valence-corrected chi connectivity index (χ2v) is 5.38. The van der Waals surface area contributed by atoms with Crippen LogP contribution in [-0.2, 0) is 5.75 Å². The van der Waals surface area contributed by atoms with Crippen molar-refractivity contribution in [2.75, 3.05) is 5.75 Å². The zero-order valence-corrected chi connectivity index (χ0v) is 13.3. The molecule has 1 aromatic carbocycles. The van der Waals surface area contributed by atoms with E-state index in [0.717, 1.165) is 11.7 Å². The van der Waals surface area contributed by atoms with Crippen molar-refractivity contribution in [3.63, 3.8) is 0 Å². The molecule has 0 saturated heterocycles. The van der Waals surface area contributed by atoms with Gasteiger partial charge in [0.2, 0.25) is 0 Å². The lowest BCUT2D eigenvalue weighted by Crippen LogP contribution is -1.80. The van der Waals surface area contributed by atoms with E-state index in [-0.39, 0.29) is 0 Å². The zero-order chi connectivity index (χ0) is 13.5. The third-order valence-electron chi connectivity index (χ3n) is 1.46. The molecule has 0 aromatic heterocycles. The Bertz CT molecular complexity index is 213. The van der Waals surface area contributed by atoms with Gasteiger partial charge in [-0.05, 0) is 23.7 Å². The first-order chi connectivity index (χ1) is 8.16. The Labute approximate surface area is 113 Å². The van der Waals surface area contributed by atoms with Gasteiger partial charge in [0, 0.05) is 5.75 Å². The molecule has 0 aliphatic heterocycles. The summed E-state index contributed by atoms with van der Waals surface area (Å²) >= 11 is 2.01. The van der Waals surface area contributed by atoms with Crippen LogP contribution in [0.4, 0.5) is 0 Å². The highest BCUT2D eigenvalue weighted by Gasteiger charge is 1.89. The van der Waals surface area contributed by atoms with Gasteiger partial charge in [-0.3, -0.25) is 0 Å². The van der Waals surface area contributed by atoms with Gasteiger partial charge in [0.15, 0.2) is 0 Å². The van der Waals surface area contributed by atoms with Crippen molar-refractivity contribution in [3.8, 4) is 0 Å². The zero-order valence-electron chi connectivity index (χ0n) is 12.5. The van der Waals surface area contributed by atoms with Crippen LogP contribution in [0.15, 0.2) is 30.3 Å². The summed E-state index contributed by atoms with van der Waals surface area (Å²) in [6.07, 6.45) is 1.28. The van der Waals surface area contributed by atoms with Gasteiger partial charge in [-0.1, -0.05) is 71.9 Å². The molecule has 0 fully saturated rings. The minimum atomic E-state index is 0.833. The summed E-state index contributed by atoms with van der Waals surface area (Å²) in [5.74, 6) is 3.27. The van der Waals surface area contributed by atoms with Crippen molar-refractivity contribution in [2.24, 2.45) is 5.92 Å². The molecule has 0 aliphatic rings. The number of benzene rings is 1.